The van der Waals surface area contributed by atoms with E-state index in [0.717, 1.165) is 6.08 Å². The van der Waals surface area contributed by atoms with Gasteiger partial charge in [0, 0.05) is 23.3 Å². The van der Waals surface area contributed by atoms with Gasteiger partial charge in [-0.15, -0.1) is 0 Å². The first-order valence-electron chi connectivity index (χ1n) is 17.4. The Labute approximate surface area is 294 Å². The van der Waals surface area contributed by atoms with E-state index in [0.29, 0.717) is 12.0 Å². The van der Waals surface area contributed by atoms with Crippen LogP contribution in [0.2, 0.25) is 0 Å². The van der Waals surface area contributed by atoms with Crippen molar-refractivity contribution >= 4 is 23.7 Å². The van der Waals surface area contributed by atoms with Crippen LogP contribution in [-0.2, 0) is 47.6 Å². The number of hydrogen-bond donors (Lipinski definition) is 6. The van der Waals surface area contributed by atoms with Gasteiger partial charge in [-0.05, 0) is 51.0 Å². The Morgan fingerprint density at radius 1 is 1.06 bits per heavy atom. The molecule has 3 aliphatic heterocycles. The number of carbonyl (C=O) groups is 4. The molecule has 0 aromatic heterocycles. The van der Waals surface area contributed by atoms with Gasteiger partial charge in [-0.3, -0.25) is 4.79 Å². The van der Waals surface area contributed by atoms with Crippen LogP contribution in [0, 0.1) is 34.5 Å². The molecule has 6 N–H and O–H groups in total. The van der Waals surface area contributed by atoms with Crippen LogP contribution in [-0.4, -0.2) is 134 Å². The second-order valence-corrected chi connectivity index (χ2v) is 15.4. The van der Waals surface area contributed by atoms with E-state index < -0.39 is 132 Å². The number of ether oxygens (including phenoxy) is 6. The molecule has 2 bridgehead atoms. The first kappa shape index (κ1) is 37.8. The summed E-state index contributed by atoms with van der Waals surface area (Å²) in [6.07, 6.45) is -12.5. The zero-order valence-electron chi connectivity index (χ0n) is 29.3. The molecule has 7 unspecified atom stereocenters. The first-order chi connectivity index (χ1) is 23.9. The summed E-state index contributed by atoms with van der Waals surface area (Å²) in [7, 11) is 0. The highest BCUT2D eigenvalue weighted by molar-refractivity contribution is 5.97. The molecule has 6 aliphatic rings. The second-order valence-electron chi connectivity index (χ2n) is 15.4. The van der Waals surface area contributed by atoms with Gasteiger partial charge >= 0.3 is 17.9 Å². The van der Waals surface area contributed by atoms with Gasteiger partial charge in [0.15, 0.2) is 11.5 Å². The van der Waals surface area contributed by atoms with E-state index >= 15 is 0 Å². The Hall–Kier alpha value is -2.96. The topological polar surface area (TPSA) is 245 Å². The predicted molar refractivity (Wildman–Crippen MR) is 168 cm³/mol. The van der Waals surface area contributed by atoms with Crippen molar-refractivity contribution in [3.8, 4) is 0 Å². The molecule has 16 nitrogen and oxygen atoms in total. The van der Waals surface area contributed by atoms with Crippen molar-refractivity contribution in [3.63, 3.8) is 0 Å². The fourth-order valence-corrected chi connectivity index (χ4v) is 9.77. The van der Waals surface area contributed by atoms with E-state index in [-0.39, 0.29) is 18.8 Å². The minimum absolute atomic E-state index is 0.0449. The average Bonchev–Trinajstić information content (AvgIpc) is 3.38. The molecule has 5 fully saturated rings. The Balaban J connectivity index is 1.49. The standard InChI is InChI=1S/C35H48O16/c1-7-14(4)47-32(45)35-28-26(51-20(37)8-13(2)3)30(44)50-19-9-16-15(5)21(38)17(48-31-24(41)23(40)22(39)18(11-36)49-31)10-33(16,6)27(25(42)29(35)43)34(19,28)12-46-35/h8,10,14-16,18-19,22-29,31,36,39-43H,7,9,11-12H2,1-6H3/t14?,15-,16-,18?,19+,22?,23?,24?,25+,26?,27+,28+,29-,31?,33-,34+,35-/m0/s1. The highest BCUT2D eigenvalue weighted by Gasteiger charge is 2.85. The lowest BCUT2D eigenvalue weighted by Crippen LogP contribution is -2.79. The third-order valence-electron chi connectivity index (χ3n) is 12.3. The molecule has 3 saturated heterocycles. The summed E-state index contributed by atoms with van der Waals surface area (Å²) in [5.41, 5.74) is -4.56. The summed E-state index contributed by atoms with van der Waals surface area (Å²) in [5.74, 6) is -7.82. The minimum atomic E-state index is -2.36. The number of allylic oxidation sites excluding steroid dienone is 3. The summed E-state index contributed by atoms with van der Waals surface area (Å²) >= 11 is 0. The quantitative estimate of drug-likeness (QED) is 0.0978. The van der Waals surface area contributed by atoms with Crippen molar-refractivity contribution < 1.29 is 78.2 Å². The van der Waals surface area contributed by atoms with E-state index in [1.54, 1.807) is 41.5 Å². The second kappa shape index (κ2) is 13.2. The average molecular weight is 725 g/mol. The molecular formula is C35H48O16. The van der Waals surface area contributed by atoms with E-state index in [2.05, 4.69) is 0 Å². The third-order valence-corrected chi connectivity index (χ3v) is 12.3. The number of Topliss-reactive ketones (excluding diaryl/α,β-unsaturated/α-hetero) is 1. The molecule has 0 amide bonds. The smallest absolute Gasteiger partial charge is 0.348 e. The largest absolute Gasteiger partial charge is 0.460 e. The van der Waals surface area contributed by atoms with Crippen molar-refractivity contribution in [1.82, 2.24) is 0 Å². The molecule has 0 aromatic carbocycles. The lowest BCUT2D eigenvalue weighted by molar-refractivity contribution is -0.296. The van der Waals surface area contributed by atoms with Crippen LogP contribution in [0.1, 0.15) is 54.4 Å². The Morgan fingerprint density at radius 2 is 1.75 bits per heavy atom. The third kappa shape index (κ3) is 5.39. The van der Waals surface area contributed by atoms with Crippen LogP contribution in [0.4, 0.5) is 0 Å². The number of rotatable bonds is 8. The van der Waals surface area contributed by atoms with Gasteiger partial charge in [0.2, 0.25) is 18.0 Å². The summed E-state index contributed by atoms with van der Waals surface area (Å²) in [6, 6.07) is 0. The Morgan fingerprint density at radius 3 is 2.37 bits per heavy atom. The summed E-state index contributed by atoms with van der Waals surface area (Å²) in [4.78, 5) is 54.9. The van der Waals surface area contributed by atoms with E-state index in [1.807, 2.05) is 0 Å². The van der Waals surface area contributed by atoms with Crippen LogP contribution >= 0.6 is 0 Å². The highest BCUT2D eigenvalue weighted by Crippen LogP contribution is 2.72. The maximum atomic E-state index is 14.2. The maximum Gasteiger partial charge on any atom is 0.348 e. The van der Waals surface area contributed by atoms with Gasteiger partial charge in [-0.25, -0.2) is 14.4 Å². The number of esters is 3. The number of aliphatic hydroxyl groups is 6. The number of ketones is 1. The first-order valence-corrected chi connectivity index (χ1v) is 17.4. The molecule has 1 spiro atoms. The van der Waals surface area contributed by atoms with Gasteiger partial charge in [0.05, 0.1) is 31.3 Å². The molecule has 3 aliphatic carbocycles. The van der Waals surface area contributed by atoms with E-state index in [1.165, 1.54) is 6.08 Å². The number of fused-ring (bicyclic) bond motifs is 2. The Bertz CT molecular complexity index is 1500. The van der Waals surface area contributed by atoms with Crippen LogP contribution in [0.15, 0.2) is 23.5 Å². The van der Waals surface area contributed by atoms with E-state index in [4.69, 9.17) is 28.4 Å². The number of aliphatic hydroxyl groups excluding tert-OH is 6. The van der Waals surface area contributed by atoms with Crippen molar-refractivity contribution in [1.29, 1.82) is 0 Å². The summed E-state index contributed by atoms with van der Waals surface area (Å²) < 4.78 is 35.1. The van der Waals surface area contributed by atoms with Gasteiger partial charge in [0.1, 0.15) is 36.6 Å². The monoisotopic (exact) mass is 724 g/mol. The van der Waals surface area contributed by atoms with Gasteiger partial charge in [0.25, 0.3) is 0 Å². The van der Waals surface area contributed by atoms with Crippen LogP contribution in [0.5, 0.6) is 0 Å². The molecule has 51 heavy (non-hydrogen) atoms. The zero-order chi connectivity index (χ0) is 37.5. The molecule has 0 aromatic rings. The normalized spacial score (nSPS) is 47.5. The van der Waals surface area contributed by atoms with Gasteiger partial charge in [-0.1, -0.05) is 26.3 Å². The molecule has 3 heterocycles. The van der Waals surface area contributed by atoms with Gasteiger partial charge in [-0.2, -0.15) is 0 Å². The zero-order valence-corrected chi connectivity index (χ0v) is 29.3. The van der Waals surface area contributed by atoms with Crippen LogP contribution in [0.25, 0.3) is 0 Å². The molecule has 16 heteroatoms. The number of carbonyl (C=O) groups excluding carboxylic acids is 4. The Kier molecular flexibility index (Phi) is 9.75. The fourth-order valence-electron chi connectivity index (χ4n) is 9.77. The molecule has 284 valence electrons. The van der Waals surface area contributed by atoms with Crippen molar-refractivity contribution in [2.45, 2.75) is 121 Å². The van der Waals surface area contributed by atoms with Crippen molar-refractivity contribution in [2.24, 2.45) is 34.5 Å². The lowest BCUT2D eigenvalue weighted by Gasteiger charge is -2.67. The summed E-state index contributed by atoms with van der Waals surface area (Å²) in [5, 5.41) is 65.2. The van der Waals surface area contributed by atoms with E-state index in [9.17, 15) is 49.8 Å². The highest BCUT2D eigenvalue weighted by atomic mass is 16.7. The molecule has 17 atom stereocenters. The van der Waals surface area contributed by atoms with Crippen molar-refractivity contribution in [3.05, 3.63) is 23.5 Å². The van der Waals surface area contributed by atoms with Crippen molar-refractivity contribution in [2.75, 3.05) is 13.2 Å². The molecule has 0 radical (unpaired) electrons. The van der Waals surface area contributed by atoms with Gasteiger partial charge < -0.3 is 59.1 Å². The SMILES string of the molecule is CCC(C)OC(=O)[C@@]12OC[C@]34[C@H]([C@@H](O)[C@@H]1O)[C@@]1(C)C=C(OC5OC(CO)C(O)C(O)C5O)C(=O)[C@@H](C)[C@@H]1C[C@H]3OC(=O)C(OC(=O)C=C(C)C)[C@@H]24. The fraction of sp³-hybridized carbons (Fsp3) is 0.771. The molecule has 6 rings (SSSR count). The van der Waals surface area contributed by atoms with Crippen LogP contribution in [0.3, 0.4) is 0 Å². The lowest BCUT2D eigenvalue weighted by atomic mass is 9.38. The van der Waals surface area contributed by atoms with Crippen LogP contribution < -0.4 is 0 Å². The molecule has 2 saturated carbocycles. The molecular weight excluding hydrogens is 676 g/mol. The number of hydrogen-bond acceptors (Lipinski definition) is 16. The summed E-state index contributed by atoms with van der Waals surface area (Å²) in [6.45, 7) is 8.98. The predicted octanol–water partition coefficient (Wildman–Crippen LogP) is -1.20. The minimum Gasteiger partial charge on any atom is -0.460 e. The maximum absolute atomic E-state index is 14.2.